The van der Waals surface area contributed by atoms with E-state index in [0.29, 0.717) is 12.1 Å². The summed E-state index contributed by atoms with van der Waals surface area (Å²) in [6.45, 7) is 6.97. The molecule has 2 aromatic rings. The van der Waals surface area contributed by atoms with Gasteiger partial charge in [-0.1, -0.05) is 0 Å². The minimum absolute atomic E-state index is 0.00631. The summed E-state index contributed by atoms with van der Waals surface area (Å²) < 4.78 is 15.2. The second kappa shape index (κ2) is 7.00. The number of aromatic nitrogens is 1. The maximum atomic E-state index is 13.2. The minimum Gasteiger partial charge on any atom is -0.393 e. The quantitative estimate of drug-likeness (QED) is 0.927. The van der Waals surface area contributed by atoms with Crippen molar-refractivity contribution in [3.8, 4) is 5.69 Å². The van der Waals surface area contributed by atoms with Crippen LogP contribution < -0.4 is 0 Å². The SMILES string of the molecule is Cc1cc(C(=O)N2CCCC(C(C)O)C2)c(C)n1-c1ccc(F)cc1. The molecule has 1 aliphatic rings. The van der Waals surface area contributed by atoms with Crippen molar-refractivity contribution in [2.24, 2.45) is 5.92 Å². The van der Waals surface area contributed by atoms with E-state index in [0.717, 1.165) is 36.5 Å². The van der Waals surface area contributed by atoms with Gasteiger partial charge in [0.25, 0.3) is 5.91 Å². The number of carbonyl (C=O) groups is 1. The lowest BCUT2D eigenvalue weighted by Crippen LogP contribution is -2.43. The van der Waals surface area contributed by atoms with E-state index in [4.69, 9.17) is 0 Å². The highest BCUT2D eigenvalue weighted by atomic mass is 19.1. The summed E-state index contributed by atoms with van der Waals surface area (Å²) >= 11 is 0. The third-order valence-electron chi connectivity index (χ3n) is 5.17. The molecule has 0 radical (unpaired) electrons. The molecule has 1 aromatic heterocycles. The summed E-state index contributed by atoms with van der Waals surface area (Å²) in [6, 6.07) is 8.18. The van der Waals surface area contributed by atoms with Crippen LogP contribution in [0.3, 0.4) is 0 Å². The van der Waals surface area contributed by atoms with Crippen molar-refractivity contribution < 1.29 is 14.3 Å². The predicted octanol–water partition coefficient (Wildman–Crippen LogP) is 3.47. The van der Waals surface area contributed by atoms with E-state index in [2.05, 4.69) is 0 Å². The zero-order valence-corrected chi connectivity index (χ0v) is 15.0. The van der Waals surface area contributed by atoms with Crippen molar-refractivity contribution in [3.63, 3.8) is 0 Å². The number of hydrogen-bond acceptors (Lipinski definition) is 2. The fourth-order valence-electron chi connectivity index (χ4n) is 3.73. The van der Waals surface area contributed by atoms with E-state index in [-0.39, 0.29) is 17.6 Å². The molecule has 2 heterocycles. The minimum atomic E-state index is -0.401. The first-order valence-electron chi connectivity index (χ1n) is 8.80. The Bertz CT molecular complexity index is 765. The van der Waals surface area contributed by atoms with Gasteiger partial charge in [0.15, 0.2) is 0 Å². The molecule has 134 valence electrons. The Hall–Kier alpha value is -2.14. The van der Waals surface area contributed by atoms with Crippen LogP contribution in [-0.4, -0.2) is 39.7 Å². The maximum Gasteiger partial charge on any atom is 0.255 e. The number of carbonyl (C=O) groups excluding carboxylic acids is 1. The van der Waals surface area contributed by atoms with Crippen molar-refractivity contribution in [1.29, 1.82) is 0 Å². The fraction of sp³-hybridized carbons (Fsp3) is 0.450. The van der Waals surface area contributed by atoms with Gasteiger partial charge in [-0.15, -0.1) is 0 Å². The first kappa shape index (κ1) is 17.7. The number of piperidine rings is 1. The van der Waals surface area contributed by atoms with Gasteiger partial charge in [0.1, 0.15) is 5.82 Å². The summed E-state index contributed by atoms with van der Waals surface area (Å²) in [5.74, 6) is -0.134. The molecule has 0 saturated carbocycles. The zero-order chi connectivity index (χ0) is 18.1. The number of rotatable bonds is 3. The van der Waals surface area contributed by atoms with Gasteiger partial charge < -0.3 is 14.6 Å². The highest BCUT2D eigenvalue weighted by Gasteiger charge is 2.29. The Morgan fingerprint density at radius 2 is 1.96 bits per heavy atom. The number of benzene rings is 1. The number of hydrogen-bond donors (Lipinski definition) is 1. The number of aliphatic hydroxyl groups excluding tert-OH is 1. The number of likely N-dealkylation sites (tertiary alicyclic amines) is 1. The van der Waals surface area contributed by atoms with E-state index < -0.39 is 6.10 Å². The van der Waals surface area contributed by atoms with E-state index in [1.165, 1.54) is 12.1 Å². The van der Waals surface area contributed by atoms with Crippen molar-refractivity contribution in [3.05, 3.63) is 53.1 Å². The van der Waals surface area contributed by atoms with E-state index in [9.17, 15) is 14.3 Å². The van der Waals surface area contributed by atoms with Gasteiger partial charge >= 0.3 is 0 Å². The smallest absolute Gasteiger partial charge is 0.255 e. The predicted molar refractivity (Wildman–Crippen MR) is 95.5 cm³/mol. The van der Waals surface area contributed by atoms with Gasteiger partial charge in [0.05, 0.1) is 11.7 Å². The van der Waals surface area contributed by atoms with Crippen molar-refractivity contribution >= 4 is 5.91 Å². The largest absolute Gasteiger partial charge is 0.393 e. The normalized spacial score (nSPS) is 19.1. The second-order valence-corrected chi connectivity index (χ2v) is 6.99. The van der Waals surface area contributed by atoms with Crippen LogP contribution in [-0.2, 0) is 0 Å². The average Bonchev–Trinajstić information content (AvgIpc) is 2.90. The van der Waals surface area contributed by atoms with Crippen LogP contribution in [0, 0.1) is 25.6 Å². The highest BCUT2D eigenvalue weighted by Crippen LogP contribution is 2.25. The molecule has 4 nitrogen and oxygen atoms in total. The molecule has 1 amide bonds. The van der Waals surface area contributed by atoms with Crippen molar-refractivity contribution in [2.45, 2.75) is 39.7 Å². The van der Waals surface area contributed by atoms with Gasteiger partial charge in [-0.3, -0.25) is 4.79 Å². The van der Waals surface area contributed by atoms with Crippen LogP contribution in [0.25, 0.3) is 5.69 Å². The van der Waals surface area contributed by atoms with Gasteiger partial charge in [-0.05, 0) is 63.9 Å². The molecule has 5 heteroatoms. The summed E-state index contributed by atoms with van der Waals surface area (Å²) in [7, 11) is 0. The Labute approximate surface area is 147 Å². The molecule has 1 fully saturated rings. The van der Waals surface area contributed by atoms with Crippen LogP contribution in [0.2, 0.25) is 0 Å². The van der Waals surface area contributed by atoms with Crippen LogP contribution in [0.1, 0.15) is 41.5 Å². The zero-order valence-electron chi connectivity index (χ0n) is 15.0. The molecule has 0 aliphatic carbocycles. The Morgan fingerprint density at radius 1 is 1.28 bits per heavy atom. The van der Waals surface area contributed by atoms with Gasteiger partial charge in [0, 0.05) is 36.1 Å². The molecular formula is C20H25FN2O2. The Kier molecular flexibility index (Phi) is 4.95. The molecule has 1 aromatic carbocycles. The number of aliphatic hydroxyl groups is 1. The fourth-order valence-corrected chi connectivity index (χ4v) is 3.73. The number of nitrogens with zero attached hydrogens (tertiary/aromatic N) is 2. The number of aryl methyl sites for hydroxylation is 1. The van der Waals surface area contributed by atoms with E-state index in [1.807, 2.05) is 29.4 Å². The van der Waals surface area contributed by atoms with Gasteiger partial charge in [0.2, 0.25) is 0 Å². The average molecular weight is 344 g/mol. The molecule has 25 heavy (non-hydrogen) atoms. The molecule has 0 bridgehead atoms. The molecule has 1 N–H and O–H groups in total. The Balaban J connectivity index is 1.89. The molecule has 2 atom stereocenters. The van der Waals surface area contributed by atoms with Crippen LogP contribution in [0.4, 0.5) is 4.39 Å². The highest BCUT2D eigenvalue weighted by molar-refractivity contribution is 5.96. The molecular weight excluding hydrogens is 319 g/mol. The Morgan fingerprint density at radius 3 is 2.60 bits per heavy atom. The lowest BCUT2D eigenvalue weighted by molar-refractivity contribution is 0.0465. The van der Waals surface area contributed by atoms with Gasteiger partial charge in [-0.25, -0.2) is 4.39 Å². The first-order chi connectivity index (χ1) is 11.9. The van der Waals surface area contributed by atoms with Crippen LogP contribution in [0.15, 0.2) is 30.3 Å². The third-order valence-corrected chi connectivity index (χ3v) is 5.17. The number of amides is 1. The maximum absolute atomic E-state index is 13.2. The van der Waals surface area contributed by atoms with E-state index in [1.54, 1.807) is 19.1 Å². The molecule has 0 spiro atoms. The second-order valence-electron chi connectivity index (χ2n) is 6.99. The lowest BCUT2D eigenvalue weighted by atomic mass is 9.93. The van der Waals surface area contributed by atoms with Gasteiger partial charge in [-0.2, -0.15) is 0 Å². The van der Waals surface area contributed by atoms with E-state index >= 15 is 0 Å². The lowest BCUT2D eigenvalue weighted by Gasteiger charge is -2.34. The van der Waals surface area contributed by atoms with Crippen LogP contribution in [0.5, 0.6) is 0 Å². The summed E-state index contributed by atoms with van der Waals surface area (Å²) in [5, 5.41) is 9.85. The first-order valence-corrected chi connectivity index (χ1v) is 8.80. The molecule has 3 rings (SSSR count). The molecule has 2 unspecified atom stereocenters. The third kappa shape index (κ3) is 3.47. The number of halogens is 1. The monoisotopic (exact) mass is 344 g/mol. The molecule has 1 saturated heterocycles. The molecule has 1 aliphatic heterocycles. The van der Waals surface area contributed by atoms with Crippen molar-refractivity contribution in [1.82, 2.24) is 9.47 Å². The summed E-state index contributed by atoms with van der Waals surface area (Å²) in [6.07, 6.45) is 1.47. The van der Waals surface area contributed by atoms with Crippen molar-refractivity contribution in [2.75, 3.05) is 13.1 Å². The topological polar surface area (TPSA) is 45.5 Å². The summed E-state index contributed by atoms with van der Waals surface area (Å²) in [4.78, 5) is 14.9. The standard InChI is InChI=1S/C20H25FN2O2/c1-13-11-19(14(2)23(13)18-8-6-17(21)7-9-18)20(25)22-10-4-5-16(12-22)15(3)24/h6-9,11,15-16,24H,4-5,10,12H2,1-3H3. The van der Waals surface area contributed by atoms with Crippen LogP contribution >= 0.6 is 0 Å². The summed E-state index contributed by atoms with van der Waals surface area (Å²) in [5.41, 5.74) is 3.31.